The number of nitrogens with zero attached hydrogens (tertiary/aromatic N) is 3. The third kappa shape index (κ3) is 4.68. The molecule has 0 aliphatic rings. The number of hydrogen-bond acceptors (Lipinski definition) is 6. The van der Waals surface area contributed by atoms with Gasteiger partial charge < -0.3 is 14.4 Å². The second kappa shape index (κ2) is 9.71. The van der Waals surface area contributed by atoms with Crippen LogP contribution in [-0.2, 0) is 0 Å². The molecule has 3 rings (SSSR count). The van der Waals surface area contributed by atoms with E-state index in [1.54, 1.807) is 43.4 Å². The summed E-state index contributed by atoms with van der Waals surface area (Å²) in [5.74, 6) is 1.37. The molecule has 0 radical (unpaired) electrons. The van der Waals surface area contributed by atoms with Crippen molar-refractivity contribution in [3.8, 4) is 11.5 Å². The van der Waals surface area contributed by atoms with Gasteiger partial charge in [-0.3, -0.25) is 9.69 Å². The number of para-hydroxylation sites is 1. The van der Waals surface area contributed by atoms with E-state index in [0.717, 1.165) is 35.6 Å². The zero-order valence-corrected chi connectivity index (χ0v) is 18.2. The standard InChI is InChI=1S/C22H27N3O3S/c1-5-24(6-2)14-15-25(21(26)16-10-12-17(27-3)13-11-16)22-23-20-18(28-4)8-7-9-19(20)29-22/h7-13H,5-6,14-15H2,1-4H3. The first kappa shape index (κ1) is 21.1. The lowest BCUT2D eigenvalue weighted by atomic mass is 10.2. The molecule has 0 saturated carbocycles. The van der Waals surface area contributed by atoms with E-state index in [4.69, 9.17) is 14.5 Å². The first-order valence-electron chi connectivity index (χ1n) is 9.73. The highest BCUT2D eigenvalue weighted by molar-refractivity contribution is 7.22. The van der Waals surface area contributed by atoms with Gasteiger partial charge in [0.25, 0.3) is 5.91 Å². The molecule has 1 aromatic heterocycles. The maximum Gasteiger partial charge on any atom is 0.260 e. The Labute approximate surface area is 175 Å². The van der Waals surface area contributed by atoms with Crippen LogP contribution in [-0.4, -0.2) is 56.2 Å². The molecule has 0 aliphatic heterocycles. The molecular formula is C22H27N3O3S. The quantitative estimate of drug-likeness (QED) is 0.523. The molecule has 29 heavy (non-hydrogen) atoms. The van der Waals surface area contributed by atoms with E-state index >= 15 is 0 Å². The molecule has 1 heterocycles. The summed E-state index contributed by atoms with van der Waals surface area (Å²) >= 11 is 1.50. The molecule has 7 heteroatoms. The highest BCUT2D eigenvalue weighted by atomic mass is 32.1. The largest absolute Gasteiger partial charge is 0.497 e. The zero-order chi connectivity index (χ0) is 20.8. The van der Waals surface area contributed by atoms with Crippen LogP contribution in [0.1, 0.15) is 24.2 Å². The van der Waals surface area contributed by atoms with Crippen molar-refractivity contribution in [2.45, 2.75) is 13.8 Å². The van der Waals surface area contributed by atoms with E-state index in [9.17, 15) is 4.79 Å². The summed E-state index contributed by atoms with van der Waals surface area (Å²) in [5.41, 5.74) is 1.39. The Bertz CT molecular complexity index is 952. The molecule has 0 aliphatic carbocycles. The average Bonchev–Trinajstić information content (AvgIpc) is 3.20. The number of hydrogen-bond donors (Lipinski definition) is 0. The molecule has 0 fully saturated rings. The molecule has 0 bridgehead atoms. The van der Waals surface area contributed by atoms with Crippen molar-refractivity contribution < 1.29 is 14.3 Å². The normalized spacial score (nSPS) is 11.1. The van der Waals surface area contributed by atoms with Crippen LogP contribution in [0.5, 0.6) is 11.5 Å². The van der Waals surface area contributed by atoms with E-state index < -0.39 is 0 Å². The zero-order valence-electron chi connectivity index (χ0n) is 17.3. The number of rotatable bonds is 9. The number of aromatic nitrogens is 1. The summed E-state index contributed by atoms with van der Waals surface area (Å²) in [6.45, 7) is 7.48. The Morgan fingerprint density at radius 1 is 1.00 bits per heavy atom. The third-order valence-corrected chi connectivity index (χ3v) is 5.98. The van der Waals surface area contributed by atoms with Crippen molar-refractivity contribution >= 4 is 32.6 Å². The smallest absolute Gasteiger partial charge is 0.260 e. The fraction of sp³-hybridized carbons (Fsp3) is 0.364. The summed E-state index contributed by atoms with van der Waals surface area (Å²) in [5, 5.41) is 0.678. The van der Waals surface area contributed by atoms with E-state index in [2.05, 4.69) is 18.7 Å². The van der Waals surface area contributed by atoms with Gasteiger partial charge in [-0.25, -0.2) is 4.98 Å². The summed E-state index contributed by atoms with van der Waals surface area (Å²) < 4.78 is 11.6. The number of methoxy groups -OCH3 is 2. The third-order valence-electron chi connectivity index (χ3n) is 4.94. The topological polar surface area (TPSA) is 54.9 Å². The second-order valence-corrected chi connectivity index (χ2v) is 7.52. The van der Waals surface area contributed by atoms with Crippen LogP contribution in [0.15, 0.2) is 42.5 Å². The van der Waals surface area contributed by atoms with Crippen molar-refractivity contribution in [3.05, 3.63) is 48.0 Å². The van der Waals surface area contributed by atoms with Crippen molar-refractivity contribution in [2.24, 2.45) is 0 Å². The molecule has 2 aromatic carbocycles. The fourth-order valence-corrected chi connectivity index (χ4v) is 4.15. The number of ether oxygens (including phenoxy) is 2. The highest BCUT2D eigenvalue weighted by Crippen LogP contribution is 2.34. The minimum Gasteiger partial charge on any atom is -0.497 e. The number of carbonyl (C=O) groups excluding carboxylic acids is 1. The molecule has 0 unspecified atom stereocenters. The van der Waals surface area contributed by atoms with Gasteiger partial charge in [0, 0.05) is 18.7 Å². The van der Waals surface area contributed by atoms with E-state index in [-0.39, 0.29) is 5.91 Å². The Morgan fingerprint density at radius 3 is 2.34 bits per heavy atom. The number of anilines is 1. The minimum atomic E-state index is -0.0715. The Hall–Kier alpha value is -2.64. The van der Waals surface area contributed by atoms with Crippen LogP contribution in [0, 0.1) is 0 Å². The lowest BCUT2D eigenvalue weighted by Crippen LogP contribution is -2.38. The van der Waals surface area contributed by atoms with Crippen LogP contribution in [0.2, 0.25) is 0 Å². The molecule has 1 amide bonds. The molecular weight excluding hydrogens is 386 g/mol. The number of benzene rings is 2. The fourth-order valence-electron chi connectivity index (χ4n) is 3.15. The Kier molecular flexibility index (Phi) is 7.06. The number of likely N-dealkylation sites (N-methyl/N-ethyl adjacent to an activating group) is 1. The average molecular weight is 414 g/mol. The van der Waals surface area contributed by atoms with Crippen molar-refractivity contribution in [3.63, 3.8) is 0 Å². The summed E-state index contributed by atoms with van der Waals surface area (Å²) in [7, 11) is 3.25. The predicted molar refractivity (Wildman–Crippen MR) is 119 cm³/mol. The van der Waals surface area contributed by atoms with Gasteiger partial charge in [0.15, 0.2) is 5.13 Å². The van der Waals surface area contributed by atoms with Crippen LogP contribution in [0.25, 0.3) is 10.2 Å². The first-order chi connectivity index (χ1) is 14.1. The summed E-state index contributed by atoms with van der Waals surface area (Å²) in [6.07, 6.45) is 0. The van der Waals surface area contributed by atoms with Gasteiger partial charge in [-0.05, 0) is 49.5 Å². The minimum absolute atomic E-state index is 0.0715. The van der Waals surface area contributed by atoms with Crippen LogP contribution >= 0.6 is 11.3 Å². The van der Waals surface area contributed by atoms with E-state index in [1.807, 2.05) is 18.2 Å². The maximum absolute atomic E-state index is 13.4. The number of thiazole rings is 1. The molecule has 6 nitrogen and oxygen atoms in total. The SMILES string of the molecule is CCN(CC)CCN(C(=O)c1ccc(OC)cc1)c1nc2c(OC)cccc2s1. The monoisotopic (exact) mass is 413 g/mol. The number of fused-ring (bicyclic) bond motifs is 1. The lowest BCUT2D eigenvalue weighted by molar-refractivity contribution is 0.0983. The molecule has 0 N–H and O–H groups in total. The van der Waals surface area contributed by atoms with Gasteiger partial charge in [-0.15, -0.1) is 0 Å². The van der Waals surface area contributed by atoms with Gasteiger partial charge >= 0.3 is 0 Å². The van der Waals surface area contributed by atoms with Gasteiger partial charge in [-0.2, -0.15) is 0 Å². The number of carbonyl (C=O) groups is 1. The maximum atomic E-state index is 13.4. The summed E-state index contributed by atoms with van der Waals surface area (Å²) in [6, 6.07) is 13.0. The van der Waals surface area contributed by atoms with Crippen molar-refractivity contribution in [1.82, 2.24) is 9.88 Å². The lowest BCUT2D eigenvalue weighted by Gasteiger charge is -2.24. The van der Waals surface area contributed by atoms with Crippen LogP contribution in [0.3, 0.4) is 0 Å². The Morgan fingerprint density at radius 2 is 1.72 bits per heavy atom. The molecule has 3 aromatic rings. The van der Waals surface area contributed by atoms with Gasteiger partial charge in [0.1, 0.15) is 17.0 Å². The molecule has 0 atom stereocenters. The molecule has 154 valence electrons. The van der Waals surface area contributed by atoms with Gasteiger partial charge in [0.2, 0.25) is 0 Å². The molecule has 0 spiro atoms. The second-order valence-electron chi connectivity index (χ2n) is 6.52. The van der Waals surface area contributed by atoms with Gasteiger partial charge in [0.05, 0.1) is 18.9 Å². The van der Waals surface area contributed by atoms with E-state index in [0.29, 0.717) is 23.0 Å². The van der Waals surface area contributed by atoms with Crippen LogP contribution < -0.4 is 14.4 Å². The predicted octanol–water partition coefficient (Wildman–Crippen LogP) is 4.30. The van der Waals surface area contributed by atoms with Crippen molar-refractivity contribution in [2.75, 3.05) is 45.3 Å². The Balaban J connectivity index is 1.96. The van der Waals surface area contributed by atoms with E-state index in [1.165, 1.54) is 11.3 Å². The van der Waals surface area contributed by atoms with Gasteiger partial charge in [-0.1, -0.05) is 31.3 Å². The van der Waals surface area contributed by atoms with Crippen LogP contribution in [0.4, 0.5) is 5.13 Å². The number of amides is 1. The first-order valence-corrected chi connectivity index (χ1v) is 10.5. The van der Waals surface area contributed by atoms with Crippen molar-refractivity contribution in [1.29, 1.82) is 0 Å². The molecule has 0 saturated heterocycles. The highest BCUT2D eigenvalue weighted by Gasteiger charge is 2.22. The summed E-state index contributed by atoms with van der Waals surface area (Å²) in [4.78, 5) is 22.2.